The average Bonchev–Trinajstić information content (AvgIpc) is 2.70. The number of aliphatic carboxylic acids is 2. The lowest BCUT2D eigenvalue weighted by molar-refractivity contribution is -0.139. The standard InChI is InChI=1S/C17H30IN3O5/c1-3-19(2)17(7-5-4-6-14(18)22)12-20(10-15(23)24)8-9-21(13-17)11-16(25)26/h3-13H2,1-2H3,(H,23,24)(H,25,26). The SMILES string of the molecule is CCN(C)C1(CCCCC(=O)I)CN(CC(=O)O)CCN(CC(=O)O)C1. The smallest absolute Gasteiger partial charge is 0.317 e. The van der Waals surface area contributed by atoms with Gasteiger partial charge in [-0.15, -0.1) is 0 Å². The minimum absolute atomic E-state index is 0.0492. The highest BCUT2D eigenvalue weighted by Gasteiger charge is 2.40. The second-order valence-electron chi connectivity index (χ2n) is 7.01. The Hall–Kier alpha value is -0.780. The quantitative estimate of drug-likeness (QED) is 0.255. The molecule has 150 valence electrons. The Labute approximate surface area is 168 Å². The summed E-state index contributed by atoms with van der Waals surface area (Å²) in [7, 11) is 2.01. The monoisotopic (exact) mass is 483 g/mol. The highest BCUT2D eigenvalue weighted by molar-refractivity contribution is 14.1. The minimum Gasteiger partial charge on any atom is -0.480 e. The zero-order chi connectivity index (χ0) is 19.7. The number of carboxylic acids is 2. The van der Waals surface area contributed by atoms with Crippen molar-refractivity contribution in [2.24, 2.45) is 0 Å². The van der Waals surface area contributed by atoms with Gasteiger partial charge in [-0.3, -0.25) is 29.1 Å². The Balaban J connectivity index is 3.00. The van der Waals surface area contributed by atoms with E-state index >= 15 is 0 Å². The van der Waals surface area contributed by atoms with Crippen LogP contribution in [0.25, 0.3) is 0 Å². The first-order valence-electron chi connectivity index (χ1n) is 8.96. The Bertz CT molecular complexity index is 477. The van der Waals surface area contributed by atoms with Gasteiger partial charge in [0.2, 0.25) is 0 Å². The van der Waals surface area contributed by atoms with Crippen LogP contribution in [0.15, 0.2) is 0 Å². The van der Waals surface area contributed by atoms with E-state index in [2.05, 4.69) is 4.90 Å². The zero-order valence-electron chi connectivity index (χ0n) is 15.6. The number of hydrogen-bond donors (Lipinski definition) is 2. The molecular formula is C17H30IN3O5. The lowest BCUT2D eigenvalue weighted by atomic mass is 9.89. The van der Waals surface area contributed by atoms with Crippen LogP contribution in [0.3, 0.4) is 0 Å². The molecule has 0 saturated carbocycles. The summed E-state index contributed by atoms with van der Waals surface area (Å²) in [6, 6.07) is 0. The van der Waals surface area contributed by atoms with Gasteiger partial charge in [0.25, 0.3) is 0 Å². The first kappa shape index (κ1) is 23.3. The predicted octanol–water partition coefficient (Wildman–Crippen LogP) is 0.986. The fourth-order valence-corrected chi connectivity index (χ4v) is 4.00. The fraction of sp³-hybridized carbons (Fsp3) is 0.824. The van der Waals surface area contributed by atoms with Gasteiger partial charge in [0.05, 0.1) is 13.1 Å². The number of unbranched alkanes of at least 4 members (excludes halogenated alkanes) is 1. The van der Waals surface area contributed by atoms with Gasteiger partial charge in [0.1, 0.15) is 0 Å². The third-order valence-electron chi connectivity index (χ3n) is 5.04. The van der Waals surface area contributed by atoms with Gasteiger partial charge in [0, 0.05) is 38.1 Å². The number of halogens is 1. The van der Waals surface area contributed by atoms with Gasteiger partial charge < -0.3 is 10.2 Å². The number of carboxylic acid groups (broad SMARTS) is 2. The molecule has 1 heterocycles. The molecule has 2 N–H and O–H groups in total. The van der Waals surface area contributed by atoms with E-state index in [1.54, 1.807) is 22.6 Å². The maximum absolute atomic E-state index is 11.2. The van der Waals surface area contributed by atoms with E-state index in [1.807, 2.05) is 23.8 Å². The van der Waals surface area contributed by atoms with Crippen LogP contribution in [-0.4, -0.2) is 99.0 Å². The molecule has 0 unspecified atom stereocenters. The molecule has 1 fully saturated rings. The van der Waals surface area contributed by atoms with E-state index in [9.17, 15) is 24.6 Å². The number of nitrogens with zero attached hydrogens (tertiary/aromatic N) is 3. The van der Waals surface area contributed by atoms with E-state index in [1.165, 1.54) is 0 Å². The van der Waals surface area contributed by atoms with Crippen molar-refractivity contribution >= 4 is 38.3 Å². The second kappa shape index (κ2) is 11.2. The van der Waals surface area contributed by atoms with Crippen LogP contribution in [0.1, 0.15) is 32.6 Å². The number of hydrogen-bond acceptors (Lipinski definition) is 6. The van der Waals surface area contributed by atoms with Crippen LogP contribution in [-0.2, 0) is 14.4 Å². The first-order chi connectivity index (χ1) is 12.2. The zero-order valence-corrected chi connectivity index (χ0v) is 17.8. The van der Waals surface area contributed by atoms with Crippen molar-refractivity contribution in [3.8, 4) is 0 Å². The molecule has 0 aromatic rings. The van der Waals surface area contributed by atoms with Crippen LogP contribution >= 0.6 is 22.6 Å². The molecule has 1 aliphatic heterocycles. The lowest BCUT2D eigenvalue weighted by Crippen LogP contribution is -2.58. The van der Waals surface area contributed by atoms with Crippen molar-refractivity contribution in [2.75, 3.05) is 52.9 Å². The van der Waals surface area contributed by atoms with Crippen LogP contribution < -0.4 is 0 Å². The topological polar surface area (TPSA) is 101 Å². The minimum atomic E-state index is -0.875. The third-order valence-corrected chi connectivity index (χ3v) is 5.57. The molecule has 8 nitrogen and oxygen atoms in total. The summed E-state index contributed by atoms with van der Waals surface area (Å²) in [5.74, 6) is -1.75. The Morgan fingerprint density at radius 1 is 1.04 bits per heavy atom. The molecule has 0 aromatic heterocycles. The lowest BCUT2D eigenvalue weighted by Gasteiger charge is -2.44. The van der Waals surface area contributed by atoms with Crippen molar-refractivity contribution in [1.29, 1.82) is 0 Å². The van der Waals surface area contributed by atoms with Gasteiger partial charge in [-0.1, -0.05) is 13.3 Å². The van der Waals surface area contributed by atoms with Crippen LogP contribution in [0, 0.1) is 0 Å². The van der Waals surface area contributed by atoms with Gasteiger partial charge in [-0.25, -0.2) is 0 Å². The van der Waals surface area contributed by atoms with E-state index in [-0.39, 0.29) is 22.4 Å². The van der Waals surface area contributed by atoms with Crippen molar-refractivity contribution in [3.63, 3.8) is 0 Å². The van der Waals surface area contributed by atoms with Crippen LogP contribution in [0.2, 0.25) is 0 Å². The van der Waals surface area contributed by atoms with Crippen molar-refractivity contribution < 1.29 is 24.6 Å². The predicted molar refractivity (Wildman–Crippen MR) is 107 cm³/mol. The largest absolute Gasteiger partial charge is 0.480 e. The van der Waals surface area contributed by atoms with Crippen LogP contribution in [0.5, 0.6) is 0 Å². The Morgan fingerprint density at radius 2 is 1.54 bits per heavy atom. The third kappa shape index (κ3) is 7.85. The number of carbonyl (C=O) groups excluding carboxylic acids is 1. The summed E-state index contributed by atoms with van der Waals surface area (Å²) < 4.78 is 0.140. The Kier molecular flexibility index (Phi) is 9.98. The maximum Gasteiger partial charge on any atom is 0.317 e. The molecule has 0 bridgehead atoms. The van der Waals surface area contributed by atoms with Crippen molar-refractivity contribution in [3.05, 3.63) is 0 Å². The van der Waals surface area contributed by atoms with Gasteiger partial charge in [-0.05, 0) is 49.0 Å². The number of carbonyl (C=O) groups is 3. The average molecular weight is 483 g/mol. The second-order valence-corrected chi connectivity index (χ2v) is 8.21. The van der Waals surface area contributed by atoms with E-state index in [0.717, 1.165) is 25.8 Å². The normalized spacial score (nSPS) is 18.6. The van der Waals surface area contributed by atoms with Crippen molar-refractivity contribution in [2.45, 2.75) is 38.1 Å². The molecule has 1 rings (SSSR count). The molecule has 9 heteroatoms. The molecule has 0 radical (unpaired) electrons. The molecular weight excluding hydrogens is 453 g/mol. The molecule has 0 aliphatic carbocycles. The van der Waals surface area contributed by atoms with Gasteiger partial charge in [0.15, 0.2) is 3.79 Å². The summed E-state index contributed by atoms with van der Waals surface area (Å²) in [6.07, 6.45) is 2.97. The van der Waals surface area contributed by atoms with Gasteiger partial charge in [-0.2, -0.15) is 0 Å². The molecule has 0 spiro atoms. The van der Waals surface area contributed by atoms with Crippen LogP contribution in [0.4, 0.5) is 0 Å². The first-order valence-corrected chi connectivity index (χ1v) is 10.0. The Morgan fingerprint density at radius 3 is 1.92 bits per heavy atom. The molecule has 0 aromatic carbocycles. The maximum atomic E-state index is 11.2. The van der Waals surface area contributed by atoms with E-state index < -0.39 is 11.9 Å². The fourth-order valence-electron chi connectivity index (χ4n) is 3.62. The molecule has 1 saturated heterocycles. The summed E-state index contributed by atoms with van der Waals surface area (Å²) in [5, 5.41) is 18.4. The van der Waals surface area contributed by atoms with E-state index in [0.29, 0.717) is 32.6 Å². The summed E-state index contributed by atoms with van der Waals surface area (Å²) in [6.45, 7) is 4.96. The van der Waals surface area contributed by atoms with Gasteiger partial charge >= 0.3 is 11.9 Å². The number of likely N-dealkylation sites (N-methyl/N-ethyl adjacent to an activating group) is 1. The summed E-state index contributed by atoms with van der Waals surface area (Å²) in [4.78, 5) is 39.7. The highest BCUT2D eigenvalue weighted by Crippen LogP contribution is 2.27. The molecule has 0 atom stereocenters. The van der Waals surface area contributed by atoms with Crippen molar-refractivity contribution in [1.82, 2.24) is 14.7 Å². The number of rotatable bonds is 11. The summed E-state index contributed by atoms with van der Waals surface area (Å²) >= 11 is 1.80. The molecule has 26 heavy (non-hydrogen) atoms. The molecule has 1 aliphatic rings. The summed E-state index contributed by atoms with van der Waals surface area (Å²) in [5.41, 5.74) is -0.329. The molecule has 0 amide bonds. The van der Waals surface area contributed by atoms with E-state index in [4.69, 9.17) is 0 Å². The highest BCUT2D eigenvalue weighted by atomic mass is 127.